The van der Waals surface area contributed by atoms with Crippen LogP contribution in [0.4, 0.5) is 0 Å². The fraction of sp³-hybridized carbons (Fsp3) is 0.409. The van der Waals surface area contributed by atoms with E-state index in [-0.39, 0.29) is 11.5 Å². The van der Waals surface area contributed by atoms with Gasteiger partial charge in [-0.2, -0.15) is 0 Å². The second-order valence-electron chi connectivity index (χ2n) is 7.52. The third kappa shape index (κ3) is 5.46. The van der Waals surface area contributed by atoms with Gasteiger partial charge < -0.3 is 14.5 Å². The van der Waals surface area contributed by atoms with E-state index in [0.717, 1.165) is 22.7 Å². The van der Waals surface area contributed by atoms with E-state index in [0.29, 0.717) is 41.5 Å². The predicted octanol–water partition coefficient (Wildman–Crippen LogP) is 3.68. The summed E-state index contributed by atoms with van der Waals surface area (Å²) in [5.74, 6) is 1.55. The average molecular weight is 430 g/mol. The van der Waals surface area contributed by atoms with E-state index in [1.165, 1.54) is 18.4 Å². The van der Waals surface area contributed by atoms with Crippen LogP contribution in [0, 0.1) is 5.92 Å². The van der Waals surface area contributed by atoms with Crippen molar-refractivity contribution in [1.29, 1.82) is 0 Å². The Balaban J connectivity index is 1.85. The van der Waals surface area contributed by atoms with E-state index in [4.69, 9.17) is 9.47 Å². The maximum Gasteiger partial charge on any atom is 0.306 e. The van der Waals surface area contributed by atoms with Crippen molar-refractivity contribution >= 4 is 27.5 Å². The molecule has 0 aliphatic carbocycles. The molecule has 0 saturated carbocycles. The molecule has 0 atom stereocenters. The van der Waals surface area contributed by atoms with Crippen LogP contribution in [-0.4, -0.2) is 48.1 Å². The van der Waals surface area contributed by atoms with Crippen LogP contribution in [0.2, 0.25) is 0 Å². The van der Waals surface area contributed by atoms with Crippen LogP contribution >= 0.6 is 11.3 Å². The first kappa shape index (κ1) is 22.0. The number of nitrogens with zero attached hydrogens (tertiary/aromatic N) is 2. The van der Waals surface area contributed by atoms with Crippen molar-refractivity contribution in [3.05, 3.63) is 46.5 Å². The zero-order valence-electron chi connectivity index (χ0n) is 17.7. The van der Waals surface area contributed by atoms with Crippen molar-refractivity contribution in [2.24, 2.45) is 5.92 Å². The molecule has 3 aromatic rings. The normalized spacial score (nSPS) is 11.4. The number of methoxy groups -OCH3 is 2. The smallest absolute Gasteiger partial charge is 0.306 e. The van der Waals surface area contributed by atoms with E-state index in [9.17, 15) is 9.59 Å². The number of hydrogen-bond acceptors (Lipinski definition) is 7. The number of rotatable bonds is 9. The lowest BCUT2D eigenvalue weighted by Gasteiger charge is -2.23. The lowest BCUT2D eigenvalue weighted by atomic mass is 10.2. The van der Waals surface area contributed by atoms with Gasteiger partial charge in [0.2, 0.25) is 0 Å². The molecule has 0 saturated heterocycles. The van der Waals surface area contributed by atoms with Gasteiger partial charge in [0.25, 0.3) is 5.56 Å². The van der Waals surface area contributed by atoms with Crippen LogP contribution in [-0.2, 0) is 16.1 Å². The highest BCUT2D eigenvalue weighted by Crippen LogP contribution is 2.31. The molecule has 0 radical (unpaired) electrons. The fourth-order valence-corrected chi connectivity index (χ4v) is 4.27. The summed E-state index contributed by atoms with van der Waals surface area (Å²) < 4.78 is 10.6. The Labute approximate surface area is 179 Å². The average Bonchev–Trinajstić information content (AvgIpc) is 3.16. The van der Waals surface area contributed by atoms with E-state index in [1.54, 1.807) is 7.11 Å². The highest BCUT2D eigenvalue weighted by atomic mass is 32.1. The first-order chi connectivity index (χ1) is 14.4. The van der Waals surface area contributed by atoms with Crippen molar-refractivity contribution in [2.45, 2.75) is 26.8 Å². The molecule has 0 aliphatic heterocycles. The highest BCUT2D eigenvalue weighted by Gasteiger charge is 2.15. The molecule has 160 valence electrons. The van der Waals surface area contributed by atoms with Crippen LogP contribution in [0.3, 0.4) is 0 Å². The maximum atomic E-state index is 12.7. The molecule has 0 aliphatic rings. The molecule has 0 spiro atoms. The lowest BCUT2D eigenvalue weighted by molar-refractivity contribution is -0.141. The van der Waals surface area contributed by atoms with Gasteiger partial charge in [-0.3, -0.25) is 14.5 Å². The Hall–Kier alpha value is -2.71. The molecule has 1 N–H and O–H groups in total. The molecule has 2 heterocycles. The van der Waals surface area contributed by atoms with Gasteiger partial charge in [-0.15, -0.1) is 11.3 Å². The second-order valence-corrected chi connectivity index (χ2v) is 8.57. The number of ether oxygens (including phenoxy) is 2. The Morgan fingerprint density at radius 2 is 1.97 bits per heavy atom. The molecule has 30 heavy (non-hydrogen) atoms. The first-order valence-electron chi connectivity index (χ1n) is 9.86. The number of nitrogens with one attached hydrogen (secondary N) is 1. The molecule has 0 bridgehead atoms. The number of aromatic nitrogens is 2. The van der Waals surface area contributed by atoms with Gasteiger partial charge in [-0.25, -0.2) is 4.98 Å². The number of fused-ring (bicyclic) bond motifs is 1. The van der Waals surface area contributed by atoms with Crippen molar-refractivity contribution in [2.75, 3.05) is 27.3 Å². The molecule has 0 unspecified atom stereocenters. The van der Waals surface area contributed by atoms with E-state index >= 15 is 0 Å². The monoisotopic (exact) mass is 429 g/mol. The molecule has 2 aromatic heterocycles. The Kier molecular flexibility index (Phi) is 7.23. The number of aromatic amines is 1. The summed E-state index contributed by atoms with van der Waals surface area (Å²) in [5.41, 5.74) is 1.55. The highest BCUT2D eigenvalue weighted by molar-refractivity contribution is 7.22. The molecular formula is C22H27N3O4S. The molecule has 7 nitrogen and oxygen atoms in total. The molecule has 0 amide bonds. The van der Waals surface area contributed by atoms with Crippen LogP contribution in [0.25, 0.3) is 20.7 Å². The van der Waals surface area contributed by atoms with Crippen molar-refractivity contribution in [3.63, 3.8) is 0 Å². The zero-order valence-corrected chi connectivity index (χ0v) is 18.5. The molecular weight excluding hydrogens is 402 g/mol. The Morgan fingerprint density at radius 1 is 1.23 bits per heavy atom. The standard InChI is InChI=1S/C22H27N3O4S/c1-14(2)12-25(10-9-20(26)29-4)13-19-23-17-11-18(30-21(17)22(27)24-19)15-5-7-16(28-3)8-6-15/h5-8,11,14H,9-10,12-13H2,1-4H3,(H,23,24,27). The number of hydrogen-bond donors (Lipinski definition) is 1. The van der Waals surface area contributed by atoms with Crippen LogP contribution in [0.5, 0.6) is 5.75 Å². The van der Waals surface area contributed by atoms with Gasteiger partial charge in [0.15, 0.2) is 0 Å². The van der Waals surface area contributed by atoms with Crippen molar-refractivity contribution < 1.29 is 14.3 Å². The van der Waals surface area contributed by atoms with Crippen LogP contribution in [0.15, 0.2) is 35.1 Å². The molecule has 8 heteroatoms. The van der Waals surface area contributed by atoms with Crippen molar-refractivity contribution in [3.8, 4) is 16.2 Å². The number of benzene rings is 1. The molecule has 3 rings (SSSR count). The summed E-state index contributed by atoms with van der Waals surface area (Å²) >= 11 is 1.42. The SMILES string of the molecule is COC(=O)CCN(Cc1nc2cc(-c3ccc(OC)cc3)sc2c(=O)[nH]1)CC(C)C. The largest absolute Gasteiger partial charge is 0.497 e. The number of carbonyl (C=O) groups is 1. The van der Waals surface area contributed by atoms with Crippen molar-refractivity contribution in [1.82, 2.24) is 14.9 Å². The third-order valence-corrected chi connectivity index (χ3v) is 5.84. The van der Waals surface area contributed by atoms with Gasteiger partial charge in [-0.1, -0.05) is 13.8 Å². The predicted molar refractivity (Wildman–Crippen MR) is 119 cm³/mol. The quantitative estimate of drug-likeness (QED) is 0.523. The summed E-state index contributed by atoms with van der Waals surface area (Å²) in [6.07, 6.45) is 0.301. The van der Waals surface area contributed by atoms with E-state index < -0.39 is 0 Å². The second kappa shape index (κ2) is 9.86. The summed E-state index contributed by atoms with van der Waals surface area (Å²) in [7, 11) is 3.02. The summed E-state index contributed by atoms with van der Waals surface area (Å²) in [6, 6.07) is 9.68. The van der Waals surface area contributed by atoms with Gasteiger partial charge in [0, 0.05) is 18.0 Å². The minimum Gasteiger partial charge on any atom is -0.497 e. The fourth-order valence-electron chi connectivity index (χ4n) is 3.28. The Bertz CT molecular complexity index is 1060. The Morgan fingerprint density at radius 3 is 2.60 bits per heavy atom. The first-order valence-corrected chi connectivity index (χ1v) is 10.7. The van der Waals surface area contributed by atoms with Crippen LogP contribution < -0.4 is 10.3 Å². The number of carbonyl (C=O) groups excluding carboxylic acids is 1. The lowest BCUT2D eigenvalue weighted by Crippen LogP contribution is -2.31. The topological polar surface area (TPSA) is 84.5 Å². The number of esters is 1. The van der Waals surface area contributed by atoms with E-state index in [1.807, 2.05) is 30.3 Å². The van der Waals surface area contributed by atoms with Crippen LogP contribution in [0.1, 0.15) is 26.1 Å². The molecule has 0 fully saturated rings. The van der Waals surface area contributed by atoms with Gasteiger partial charge in [0.1, 0.15) is 16.3 Å². The molecule has 1 aromatic carbocycles. The van der Waals surface area contributed by atoms with E-state index in [2.05, 4.69) is 28.7 Å². The summed E-state index contributed by atoms with van der Waals surface area (Å²) in [6.45, 7) is 6.04. The number of H-pyrrole nitrogens is 1. The summed E-state index contributed by atoms with van der Waals surface area (Å²) in [4.78, 5) is 34.9. The van der Waals surface area contributed by atoms with Gasteiger partial charge in [-0.05, 0) is 41.8 Å². The zero-order chi connectivity index (χ0) is 21.7. The maximum absolute atomic E-state index is 12.7. The summed E-state index contributed by atoms with van der Waals surface area (Å²) in [5, 5.41) is 0. The number of thiophene rings is 1. The van der Waals surface area contributed by atoms with Gasteiger partial charge >= 0.3 is 5.97 Å². The minimum absolute atomic E-state index is 0.141. The third-order valence-electron chi connectivity index (χ3n) is 4.66. The minimum atomic E-state index is -0.248. The van der Waals surface area contributed by atoms with Gasteiger partial charge in [0.05, 0.1) is 32.7 Å².